The molecule has 37 heavy (non-hydrogen) atoms. The zero-order valence-corrected chi connectivity index (χ0v) is 20.6. The average molecular weight is 505 g/mol. The number of halogens is 1. The van der Waals surface area contributed by atoms with Crippen LogP contribution in [-0.2, 0) is 20.9 Å². The second kappa shape index (κ2) is 10.9. The molecule has 0 spiro atoms. The predicted octanol–water partition coefficient (Wildman–Crippen LogP) is 4.77. The van der Waals surface area contributed by atoms with E-state index < -0.39 is 24.8 Å². The summed E-state index contributed by atoms with van der Waals surface area (Å²) >= 11 is 0. The summed E-state index contributed by atoms with van der Waals surface area (Å²) in [7, 11) is 0. The number of esters is 1. The Labute approximate surface area is 212 Å². The highest BCUT2D eigenvalue weighted by Crippen LogP contribution is 2.43. The van der Waals surface area contributed by atoms with Crippen molar-refractivity contribution in [3.05, 3.63) is 76.5 Å². The van der Waals surface area contributed by atoms with Gasteiger partial charge in [0, 0.05) is 11.4 Å². The number of carbonyl (C=O) groups is 2. The maximum atomic E-state index is 13.5. The van der Waals surface area contributed by atoms with E-state index in [2.05, 4.69) is 21.5 Å². The van der Waals surface area contributed by atoms with Gasteiger partial charge in [0.2, 0.25) is 5.95 Å². The van der Waals surface area contributed by atoms with E-state index in [-0.39, 0.29) is 30.7 Å². The molecule has 1 aliphatic rings. The minimum absolute atomic E-state index is 0.0448. The molecule has 11 heteroatoms. The van der Waals surface area contributed by atoms with Gasteiger partial charge in [-0.1, -0.05) is 24.3 Å². The van der Waals surface area contributed by atoms with Crippen LogP contribution in [0.15, 0.2) is 59.8 Å². The number of ether oxygens (including phenoxy) is 2. The number of allylic oxidation sites excluding steroid dienone is 1. The number of rotatable bonds is 7. The van der Waals surface area contributed by atoms with E-state index in [4.69, 9.17) is 9.47 Å². The molecule has 190 valence electrons. The molecule has 10 nitrogen and oxygen atoms in total. The summed E-state index contributed by atoms with van der Waals surface area (Å²) in [5.74, 6) is -0.332. The number of aromatic nitrogens is 3. The second-order valence-electron chi connectivity index (χ2n) is 8.02. The van der Waals surface area contributed by atoms with Crippen molar-refractivity contribution in [1.82, 2.24) is 14.8 Å². The molecule has 3 aromatic rings. The standard InChI is InChI=1S/C26H25FN6O4/c1-4-36-23(34)21-16(3)32(20-8-6-7-18(13-20)14-27)25-29-24(30-26(35)37-5-2)31-33(25)22(21)19-11-9-17(15-28)10-12-19/h6-13,22H,4-5,14H2,1-3H3,(H,30,31,35). The Bertz CT molecular complexity index is 1390. The molecule has 4 rings (SSSR count). The molecule has 0 saturated heterocycles. The Morgan fingerprint density at radius 3 is 2.51 bits per heavy atom. The molecular weight excluding hydrogens is 479 g/mol. The number of alkyl halides is 1. The lowest BCUT2D eigenvalue weighted by Gasteiger charge is -2.35. The van der Waals surface area contributed by atoms with Gasteiger partial charge in [0.05, 0.1) is 30.4 Å². The summed E-state index contributed by atoms with van der Waals surface area (Å²) < 4.78 is 25.4. The van der Waals surface area contributed by atoms with Crippen LogP contribution in [0.4, 0.5) is 26.8 Å². The third-order valence-electron chi connectivity index (χ3n) is 5.72. The van der Waals surface area contributed by atoms with Crippen molar-refractivity contribution < 1.29 is 23.5 Å². The number of nitrogens with zero attached hydrogens (tertiary/aromatic N) is 5. The molecule has 2 aromatic carbocycles. The lowest BCUT2D eigenvalue weighted by atomic mass is 9.94. The van der Waals surface area contributed by atoms with Crippen LogP contribution in [0.1, 0.15) is 43.5 Å². The molecule has 0 radical (unpaired) electrons. The summed E-state index contributed by atoms with van der Waals surface area (Å²) in [5.41, 5.74) is 2.85. The first-order valence-electron chi connectivity index (χ1n) is 11.6. The number of hydrogen-bond acceptors (Lipinski definition) is 8. The van der Waals surface area contributed by atoms with E-state index in [1.54, 1.807) is 74.2 Å². The Balaban J connectivity index is 1.96. The quantitative estimate of drug-likeness (QED) is 0.457. The Morgan fingerprint density at radius 2 is 1.86 bits per heavy atom. The molecule has 1 aliphatic heterocycles. The first kappa shape index (κ1) is 25.4. The third kappa shape index (κ3) is 4.99. The fourth-order valence-electron chi connectivity index (χ4n) is 4.15. The van der Waals surface area contributed by atoms with Crippen molar-refractivity contribution in [2.75, 3.05) is 23.4 Å². The largest absolute Gasteiger partial charge is 0.463 e. The topological polar surface area (TPSA) is 122 Å². The first-order valence-corrected chi connectivity index (χ1v) is 11.6. The molecular formula is C26H25FN6O4. The second-order valence-corrected chi connectivity index (χ2v) is 8.02. The molecule has 0 fully saturated rings. The average Bonchev–Trinajstić information content (AvgIpc) is 3.30. The first-order chi connectivity index (χ1) is 17.9. The fraction of sp³-hybridized carbons (Fsp3) is 0.269. The van der Waals surface area contributed by atoms with Crippen molar-refractivity contribution in [1.29, 1.82) is 5.26 Å². The van der Waals surface area contributed by atoms with Crippen molar-refractivity contribution in [3.63, 3.8) is 0 Å². The van der Waals surface area contributed by atoms with Crippen LogP contribution in [0, 0.1) is 11.3 Å². The number of amides is 1. The van der Waals surface area contributed by atoms with Crippen molar-refractivity contribution in [2.24, 2.45) is 0 Å². The van der Waals surface area contributed by atoms with Gasteiger partial charge in [0.25, 0.3) is 5.95 Å². The van der Waals surface area contributed by atoms with Crippen LogP contribution in [0.5, 0.6) is 0 Å². The summed E-state index contributed by atoms with van der Waals surface area (Å²) in [4.78, 5) is 31.6. The van der Waals surface area contributed by atoms with E-state index in [1.807, 2.05) is 0 Å². The predicted molar refractivity (Wildman–Crippen MR) is 133 cm³/mol. The van der Waals surface area contributed by atoms with Crippen molar-refractivity contribution in [3.8, 4) is 6.07 Å². The Kier molecular flexibility index (Phi) is 7.48. The normalized spacial score (nSPS) is 14.6. The van der Waals surface area contributed by atoms with E-state index in [0.717, 1.165) is 0 Å². The van der Waals surface area contributed by atoms with Gasteiger partial charge < -0.3 is 9.47 Å². The minimum atomic E-state index is -0.785. The maximum Gasteiger partial charge on any atom is 0.414 e. The van der Waals surface area contributed by atoms with Gasteiger partial charge in [0.15, 0.2) is 0 Å². The Morgan fingerprint density at radius 1 is 1.14 bits per heavy atom. The summed E-state index contributed by atoms with van der Waals surface area (Å²) in [6.07, 6.45) is -0.735. The van der Waals surface area contributed by atoms with E-state index in [0.29, 0.717) is 28.1 Å². The van der Waals surface area contributed by atoms with Gasteiger partial charge in [0.1, 0.15) is 12.7 Å². The van der Waals surface area contributed by atoms with E-state index in [9.17, 15) is 19.2 Å². The number of carbonyl (C=O) groups excluding carboxylic acids is 2. The smallest absolute Gasteiger partial charge is 0.414 e. The van der Waals surface area contributed by atoms with Crippen LogP contribution in [0.2, 0.25) is 0 Å². The number of hydrogen-bond donors (Lipinski definition) is 1. The molecule has 0 aliphatic carbocycles. The number of benzene rings is 2. The van der Waals surface area contributed by atoms with Gasteiger partial charge >= 0.3 is 12.1 Å². The van der Waals surface area contributed by atoms with E-state index >= 15 is 0 Å². The van der Waals surface area contributed by atoms with Crippen LogP contribution in [0.25, 0.3) is 0 Å². The van der Waals surface area contributed by atoms with Gasteiger partial charge in [-0.2, -0.15) is 10.2 Å². The summed E-state index contributed by atoms with van der Waals surface area (Å²) in [6.45, 7) is 4.74. The number of nitriles is 1. The number of fused-ring (bicyclic) bond motifs is 1. The van der Waals surface area contributed by atoms with Crippen molar-refractivity contribution in [2.45, 2.75) is 33.5 Å². The minimum Gasteiger partial charge on any atom is -0.463 e. The van der Waals surface area contributed by atoms with Gasteiger partial charge in [-0.05, 0) is 56.2 Å². The summed E-state index contributed by atoms with van der Waals surface area (Å²) in [6, 6.07) is 14.8. The highest BCUT2D eigenvalue weighted by Gasteiger charge is 2.39. The van der Waals surface area contributed by atoms with Gasteiger partial charge in [-0.25, -0.2) is 18.7 Å². The van der Waals surface area contributed by atoms with Gasteiger partial charge in [-0.3, -0.25) is 10.2 Å². The van der Waals surface area contributed by atoms with Crippen LogP contribution in [-0.4, -0.2) is 40.0 Å². The van der Waals surface area contributed by atoms with E-state index in [1.165, 1.54) is 4.68 Å². The fourth-order valence-corrected chi connectivity index (χ4v) is 4.15. The zero-order valence-electron chi connectivity index (χ0n) is 20.6. The molecule has 1 unspecified atom stereocenters. The Hall–Kier alpha value is -4.72. The molecule has 1 aromatic heterocycles. The summed E-state index contributed by atoms with van der Waals surface area (Å²) in [5, 5.41) is 16.2. The maximum absolute atomic E-state index is 13.5. The molecule has 1 atom stereocenters. The molecule has 2 heterocycles. The van der Waals surface area contributed by atoms with Crippen LogP contribution < -0.4 is 10.2 Å². The molecule has 1 N–H and O–H groups in total. The van der Waals surface area contributed by atoms with Crippen LogP contribution in [0.3, 0.4) is 0 Å². The highest BCUT2D eigenvalue weighted by atomic mass is 19.1. The third-order valence-corrected chi connectivity index (χ3v) is 5.72. The lowest BCUT2D eigenvalue weighted by Crippen LogP contribution is -2.34. The zero-order chi connectivity index (χ0) is 26.5. The van der Waals surface area contributed by atoms with Crippen molar-refractivity contribution >= 4 is 29.6 Å². The highest BCUT2D eigenvalue weighted by molar-refractivity contribution is 5.94. The SMILES string of the molecule is CCOC(=O)Nc1nc2n(n1)C(c1ccc(C#N)cc1)C(C(=O)OCC)=C(C)N2c1cccc(CF)c1. The molecule has 0 saturated carbocycles. The lowest BCUT2D eigenvalue weighted by molar-refractivity contribution is -0.139. The number of anilines is 3. The number of nitrogens with one attached hydrogen (secondary N) is 1. The van der Waals surface area contributed by atoms with Gasteiger partial charge in [-0.15, -0.1) is 5.10 Å². The molecule has 0 bridgehead atoms. The van der Waals surface area contributed by atoms with Crippen LogP contribution >= 0.6 is 0 Å². The molecule has 1 amide bonds. The monoisotopic (exact) mass is 504 g/mol.